The molecule has 220 valence electrons. The molecular formula is C31H42O9. The molecule has 40 heavy (non-hydrogen) atoms. The van der Waals surface area contributed by atoms with Crippen LogP contribution in [-0.4, -0.2) is 60.1 Å². The van der Waals surface area contributed by atoms with Gasteiger partial charge in [0, 0.05) is 32.3 Å². The topological polar surface area (TPSA) is 110 Å². The Morgan fingerprint density at radius 3 is 2.65 bits per heavy atom. The number of esters is 2. The number of ether oxygens (including phenoxy) is 6. The number of hydrogen-bond acceptors (Lipinski definition) is 9. The molecule has 2 saturated heterocycles. The van der Waals surface area contributed by atoms with Gasteiger partial charge >= 0.3 is 11.9 Å². The van der Waals surface area contributed by atoms with Crippen LogP contribution in [0.1, 0.15) is 89.5 Å². The molecule has 4 heterocycles. The van der Waals surface area contributed by atoms with Gasteiger partial charge < -0.3 is 33.5 Å². The van der Waals surface area contributed by atoms with Crippen LogP contribution in [0.15, 0.2) is 30.4 Å². The number of carbonyl (C=O) groups excluding carboxylic acids is 2. The molecule has 1 N–H and O–H groups in total. The Hall–Kier alpha value is -2.62. The highest BCUT2D eigenvalue weighted by molar-refractivity contribution is 5.83. The first-order valence-electron chi connectivity index (χ1n) is 14.9. The van der Waals surface area contributed by atoms with E-state index in [1.165, 1.54) is 37.8 Å². The van der Waals surface area contributed by atoms with Gasteiger partial charge in [-0.2, -0.15) is 0 Å². The molecule has 9 nitrogen and oxygen atoms in total. The number of aryl methyl sites for hydroxylation is 1. The third-order valence-corrected chi connectivity index (χ3v) is 8.17. The zero-order chi connectivity index (χ0) is 28.0. The molecule has 4 aliphatic heterocycles. The maximum Gasteiger partial charge on any atom is 0.330 e. The molecule has 0 bridgehead atoms. The van der Waals surface area contributed by atoms with Crippen molar-refractivity contribution in [3.05, 3.63) is 35.9 Å². The lowest BCUT2D eigenvalue weighted by molar-refractivity contribution is -0.285. The number of rotatable bonds is 13. The van der Waals surface area contributed by atoms with Gasteiger partial charge in [0.05, 0.1) is 12.2 Å². The van der Waals surface area contributed by atoms with Crippen molar-refractivity contribution < 1.29 is 43.1 Å². The van der Waals surface area contributed by atoms with Gasteiger partial charge in [0.2, 0.25) is 6.79 Å². The summed E-state index contributed by atoms with van der Waals surface area (Å²) in [6.45, 7) is 1.74. The van der Waals surface area contributed by atoms with Gasteiger partial charge in [-0.1, -0.05) is 38.2 Å². The van der Waals surface area contributed by atoms with E-state index in [9.17, 15) is 14.7 Å². The Labute approximate surface area is 236 Å². The van der Waals surface area contributed by atoms with Crippen LogP contribution in [0.2, 0.25) is 0 Å². The lowest BCUT2D eigenvalue weighted by Crippen LogP contribution is -2.47. The third-order valence-electron chi connectivity index (χ3n) is 8.17. The maximum absolute atomic E-state index is 11.8. The van der Waals surface area contributed by atoms with Crippen LogP contribution in [0.5, 0.6) is 11.5 Å². The minimum absolute atomic E-state index is 0.270. The zero-order valence-electron chi connectivity index (χ0n) is 23.4. The number of fused-ring (bicyclic) bond motifs is 2. The van der Waals surface area contributed by atoms with Gasteiger partial charge in [-0.3, -0.25) is 4.79 Å². The highest BCUT2D eigenvalue weighted by Crippen LogP contribution is 2.44. The molecule has 4 aliphatic rings. The van der Waals surface area contributed by atoms with Crippen molar-refractivity contribution >= 4 is 11.9 Å². The second kappa shape index (κ2) is 13.4. The van der Waals surface area contributed by atoms with E-state index in [1.54, 1.807) is 6.08 Å². The predicted octanol–water partition coefficient (Wildman–Crippen LogP) is 4.91. The van der Waals surface area contributed by atoms with Crippen LogP contribution in [-0.2, 0) is 35.0 Å². The van der Waals surface area contributed by atoms with E-state index in [4.69, 9.17) is 28.4 Å². The minimum Gasteiger partial charge on any atom is -0.462 e. The summed E-state index contributed by atoms with van der Waals surface area (Å²) in [4.78, 5) is 23.4. The lowest BCUT2D eigenvalue weighted by Gasteiger charge is -2.41. The average molecular weight is 559 g/mol. The fourth-order valence-electron chi connectivity index (χ4n) is 6.36. The quantitative estimate of drug-likeness (QED) is 0.267. The van der Waals surface area contributed by atoms with Gasteiger partial charge in [-0.05, 0) is 55.9 Å². The summed E-state index contributed by atoms with van der Waals surface area (Å²) in [5.74, 6) is 0.00407. The van der Waals surface area contributed by atoms with Crippen LogP contribution in [0.25, 0.3) is 0 Å². The van der Waals surface area contributed by atoms with E-state index in [1.807, 2.05) is 6.07 Å². The first-order chi connectivity index (χ1) is 19.4. The largest absolute Gasteiger partial charge is 0.462 e. The molecule has 0 saturated carbocycles. The second-order valence-corrected chi connectivity index (χ2v) is 11.5. The van der Waals surface area contributed by atoms with E-state index in [-0.39, 0.29) is 30.3 Å². The molecule has 0 aliphatic carbocycles. The standard InChI is InChI=1S/C31H42O9/c1-21(32)37-24(10-8-6-4-2-3-5-7-9-22-11-12-26-28(15-22)36-20-35-26)17-25-16-23(33)18-31(39-25)19-29-27(40-31)13-14-30(34)38-29/h11-15,23-25,27,29,33H,2-10,16-20H2,1H3. The van der Waals surface area contributed by atoms with Gasteiger partial charge in [0.15, 0.2) is 17.3 Å². The van der Waals surface area contributed by atoms with Crippen LogP contribution >= 0.6 is 0 Å². The van der Waals surface area contributed by atoms with Crippen molar-refractivity contribution in [1.82, 2.24) is 0 Å². The summed E-state index contributed by atoms with van der Waals surface area (Å²) in [6, 6.07) is 6.19. The van der Waals surface area contributed by atoms with Gasteiger partial charge in [0.25, 0.3) is 0 Å². The second-order valence-electron chi connectivity index (χ2n) is 11.5. The summed E-state index contributed by atoms with van der Waals surface area (Å²) in [5, 5.41) is 10.6. The van der Waals surface area contributed by atoms with Crippen molar-refractivity contribution in [2.24, 2.45) is 0 Å². The number of carbonyl (C=O) groups is 2. The van der Waals surface area contributed by atoms with Crippen molar-refractivity contribution in [3.63, 3.8) is 0 Å². The molecule has 1 aromatic rings. The fraction of sp³-hybridized carbons (Fsp3) is 0.677. The molecule has 2 fully saturated rings. The lowest BCUT2D eigenvalue weighted by atomic mass is 9.92. The zero-order valence-corrected chi connectivity index (χ0v) is 23.4. The van der Waals surface area contributed by atoms with E-state index in [2.05, 4.69) is 12.1 Å². The smallest absolute Gasteiger partial charge is 0.330 e. The van der Waals surface area contributed by atoms with E-state index >= 15 is 0 Å². The van der Waals surface area contributed by atoms with E-state index in [0.717, 1.165) is 50.0 Å². The molecule has 1 spiro atoms. The van der Waals surface area contributed by atoms with Crippen LogP contribution in [0.4, 0.5) is 0 Å². The van der Waals surface area contributed by atoms with Gasteiger partial charge in [-0.25, -0.2) is 4.79 Å². The Kier molecular flexibility index (Phi) is 9.65. The first-order valence-corrected chi connectivity index (χ1v) is 14.9. The highest BCUT2D eigenvalue weighted by Gasteiger charge is 2.53. The maximum atomic E-state index is 11.8. The van der Waals surface area contributed by atoms with Crippen LogP contribution in [0, 0.1) is 0 Å². The summed E-state index contributed by atoms with van der Waals surface area (Å²) in [6.07, 6.45) is 12.6. The Bertz CT molecular complexity index is 1060. The molecule has 5 rings (SSSR count). The first kappa shape index (κ1) is 28.9. The number of aliphatic hydroxyl groups is 1. The van der Waals surface area contributed by atoms with Crippen molar-refractivity contribution in [3.8, 4) is 11.5 Å². The SMILES string of the molecule is CC(=O)OC(CCCCCCCCCc1ccc2c(c1)OCO2)CC1CC(O)CC2(CC3OC(=O)C=CC3O2)O1. The number of unbranched alkanes of at least 4 members (excludes halogenated alkanes) is 6. The fourth-order valence-corrected chi connectivity index (χ4v) is 6.36. The summed E-state index contributed by atoms with van der Waals surface area (Å²) < 4.78 is 34.4. The Balaban J connectivity index is 0.989. The summed E-state index contributed by atoms with van der Waals surface area (Å²) in [7, 11) is 0. The highest BCUT2D eigenvalue weighted by atomic mass is 16.7. The monoisotopic (exact) mass is 558 g/mol. The molecule has 6 unspecified atom stereocenters. The minimum atomic E-state index is -0.990. The number of hydrogen-bond donors (Lipinski definition) is 1. The summed E-state index contributed by atoms with van der Waals surface area (Å²) in [5.41, 5.74) is 1.29. The number of benzene rings is 1. The van der Waals surface area contributed by atoms with E-state index in [0.29, 0.717) is 32.5 Å². The van der Waals surface area contributed by atoms with E-state index < -0.39 is 18.0 Å². The molecule has 6 atom stereocenters. The number of aliphatic hydroxyl groups excluding tert-OH is 1. The summed E-state index contributed by atoms with van der Waals surface area (Å²) >= 11 is 0. The van der Waals surface area contributed by atoms with Gasteiger partial charge in [0.1, 0.15) is 18.3 Å². The molecule has 0 aromatic heterocycles. The predicted molar refractivity (Wildman–Crippen MR) is 145 cm³/mol. The van der Waals surface area contributed by atoms with Crippen molar-refractivity contribution in [2.45, 2.75) is 127 Å². The normalized spacial score (nSPS) is 29.3. The molecule has 9 heteroatoms. The average Bonchev–Trinajstić information content (AvgIpc) is 3.49. The molecular weight excluding hydrogens is 516 g/mol. The van der Waals surface area contributed by atoms with Crippen LogP contribution in [0.3, 0.4) is 0 Å². The molecule has 0 radical (unpaired) electrons. The van der Waals surface area contributed by atoms with Crippen molar-refractivity contribution in [2.75, 3.05) is 6.79 Å². The molecule has 0 amide bonds. The van der Waals surface area contributed by atoms with Crippen LogP contribution < -0.4 is 9.47 Å². The van der Waals surface area contributed by atoms with Gasteiger partial charge in [-0.15, -0.1) is 0 Å². The van der Waals surface area contributed by atoms with Crippen molar-refractivity contribution in [1.29, 1.82) is 0 Å². The third kappa shape index (κ3) is 7.77. The Morgan fingerprint density at radius 2 is 1.82 bits per heavy atom. The molecule has 1 aromatic carbocycles. The Morgan fingerprint density at radius 1 is 1.05 bits per heavy atom.